The summed E-state index contributed by atoms with van der Waals surface area (Å²) in [6.45, 7) is 3.29. The Morgan fingerprint density at radius 2 is 1.87 bits per heavy atom. The first-order valence-electron chi connectivity index (χ1n) is 4.07. The van der Waals surface area contributed by atoms with Crippen LogP contribution < -0.4 is 4.74 Å². The van der Waals surface area contributed by atoms with Gasteiger partial charge in [0.15, 0.2) is 0 Å². The first kappa shape index (κ1) is 12.6. The van der Waals surface area contributed by atoms with Gasteiger partial charge in [0.05, 0.1) is 7.11 Å². The van der Waals surface area contributed by atoms with E-state index in [0.29, 0.717) is 16.1 Å². The maximum Gasteiger partial charge on any atom is 0.265 e. The lowest BCUT2D eigenvalue weighted by atomic mass is 10.1. The summed E-state index contributed by atoms with van der Waals surface area (Å²) in [4.78, 5) is -0.0198. The highest BCUT2D eigenvalue weighted by Gasteiger charge is 2.22. The Balaban J connectivity index is 3.72. The van der Waals surface area contributed by atoms with Gasteiger partial charge in [0.2, 0.25) is 0 Å². The summed E-state index contributed by atoms with van der Waals surface area (Å²) in [5, 5.41) is 0.452. The third kappa shape index (κ3) is 2.38. The maximum absolute atomic E-state index is 11.3. The minimum absolute atomic E-state index is 0.0198. The molecule has 0 aliphatic heterocycles. The van der Waals surface area contributed by atoms with Crippen LogP contribution in [0.1, 0.15) is 11.1 Å². The fraction of sp³-hybridized carbons (Fsp3) is 0.333. The monoisotopic (exact) mass is 268 g/mol. The van der Waals surface area contributed by atoms with Crippen LogP contribution in [-0.4, -0.2) is 15.5 Å². The van der Waals surface area contributed by atoms with Gasteiger partial charge in [-0.3, -0.25) is 0 Å². The van der Waals surface area contributed by atoms with Gasteiger partial charge in [0.25, 0.3) is 9.05 Å². The third-order valence-electron chi connectivity index (χ3n) is 2.05. The quantitative estimate of drug-likeness (QED) is 0.775. The lowest BCUT2D eigenvalue weighted by molar-refractivity contribution is 0.399. The van der Waals surface area contributed by atoms with Crippen LogP contribution in [0, 0.1) is 13.8 Å². The number of aryl methyl sites for hydroxylation is 1. The lowest BCUT2D eigenvalue weighted by Gasteiger charge is -2.12. The number of hydrogen-bond donors (Lipinski definition) is 0. The molecule has 1 aromatic rings. The number of hydrogen-bond acceptors (Lipinski definition) is 3. The third-order valence-corrected chi connectivity index (χ3v) is 3.90. The van der Waals surface area contributed by atoms with E-state index in [2.05, 4.69) is 0 Å². The molecule has 0 amide bonds. The summed E-state index contributed by atoms with van der Waals surface area (Å²) in [7, 11) is 2.87. The van der Waals surface area contributed by atoms with E-state index in [9.17, 15) is 8.42 Å². The molecule has 0 spiro atoms. The Morgan fingerprint density at radius 1 is 1.33 bits per heavy atom. The van der Waals surface area contributed by atoms with Crippen LogP contribution in [0.25, 0.3) is 0 Å². The van der Waals surface area contributed by atoms with Crippen molar-refractivity contribution in [2.45, 2.75) is 18.7 Å². The Labute approximate surface area is 98.4 Å². The van der Waals surface area contributed by atoms with Crippen molar-refractivity contribution in [3.8, 4) is 5.75 Å². The molecule has 0 aliphatic carbocycles. The largest absolute Gasteiger partial charge is 0.495 e. The van der Waals surface area contributed by atoms with Crippen molar-refractivity contribution in [2.24, 2.45) is 0 Å². The molecule has 0 atom stereocenters. The molecular weight excluding hydrogens is 259 g/mol. The number of halogens is 2. The van der Waals surface area contributed by atoms with Crippen LogP contribution >= 0.6 is 22.3 Å². The van der Waals surface area contributed by atoms with Gasteiger partial charge >= 0.3 is 0 Å². The Morgan fingerprint density at radius 3 is 2.27 bits per heavy atom. The van der Waals surface area contributed by atoms with Crippen molar-refractivity contribution in [3.63, 3.8) is 0 Å². The van der Waals surface area contributed by atoms with Crippen molar-refractivity contribution in [1.29, 1.82) is 0 Å². The molecule has 0 aromatic heterocycles. The van der Waals surface area contributed by atoms with Crippen LogP contribution in [0.2, 0.25) is 5.02 Å². The molecule has 0 saturated carbocycles. The molecular formula is C9H10Cl2O3S. The Hall–Kier alpha value is -0.450. The number of methoxy groups -OCH3 is 1. The van der Waals surface area contributed by atoms with Crippen molar-refractivity contribution in [1.82, 2.24) is 0 Å². The second-order valence-electron chi connectivity index (χ2n) is 3.10. The summed E-state index contributed by atoms with van der Waals surface area (Å²) < 4.78 is 27.7. The molecule has 0 N–H and O–H groups in total. The summed E-state index contributed by atoms with van der Waals surface area (Å²) >= 11 is 5.90. The molecule has 0 unspecified atom stereocenters. The highest BCUT2D eigenvalue weighted by molar-refractivity contribution is 8.13. The molecule has 84 valence electrons. The summed E-state index contributed by atoms with van der Waals surface area (Å²) in [6, 6.07) is 1.55. The molecule has 6 heteroatoms. The SMILES string of the molecule is COc1c(C)c(Cl)cc(C)c1S(=O)(=O)Cl. The van der Waals surface area contributed by atoms with Gasteiger partial charge in [-0.1, -0.05) is 11.6 Å². The highest BCUT2D eigenvalue weighted by atomic mass is 35.7. The molecule has 1 aromatic carbocycles. The van der Waals surface area contributed by atoms with Gasteiger partial charge in [-0.2, -0.15) is 0 Å². The van der Waals surface area contributed by atoms with E-state index in [0.717, 1.165) is 0 Å². The molecule has 0 fully saturated rings. The van der Waals surface area contributed by atoms with Crippen LogP contribution in [-0.2, 0) is 9.05 Å². The second-order valence-corrected chi connectivity index (χ2v) is 6.01. The smallest absolute Gasteiger partial charge is 0.265 e. The predicted molar refractivity (Wildman–Crippen MR) is 60.5 cm³/mol. The van der Waals surface area contributed by atoms with E-state index < -0.39 is 9.05 Å². The zero-order chi connectivity index (χ0) is 11.8. The maximum atomic E-state index is 11.3. The number of ether oxygens (including phenoxy) is 1. The Kier molecular flexibility index (Phi) is 3.53. The molecule has 0 bridgehead atoms. The van der Waals surface area contributed by atoms with E-state index in [1.165, 1.54) is 7.11 Å². The van der Waals surface area contributed by atoms with Crippen LogP contribution in [0.15, 0.2) is 11.0 Å². The van der Waals surface area contributed by atoms with Crippen molar-refractivity contribution < 1.29 is 13.2 Å². The first-order valence-corrected chi connectivity index (χ1v) is 6.76. The fourth-order valence-corrected chi connectivity index (χ4v) is 3.10. The molecule has 0 aliphatic rings. The van der Waals surface area contributed by atoms with Gasteiger partial charge in [-0.15, -0.1) is 0 Å². The molecule has 0 saturated heterocycles. The Bertz CT molecular complexity index is 495. The van der Waals surface area contributed by atoms with Crippen molar-refractivity contribution in [2.75, 3.05) is 7.11 Å². The molecule has 1 rings (SSSR count). The van der Waals surface area contributed by atoms with Crippen LogP contribution in [0.5, 0.6) is 5.75 Å². The van der Waals surface area contributed by atoms with Gasteiger partial charge < -0.3 is 4.74 Å². The summed E-state index contributed by atoms with van der Waals surface area (Å²) in [5.41, 5.74) is 1.03. The zero-order valence-corrected chi connectivity index (χ0v) is 10.8. The lowest BCUT2D eigenvalue weighted by Crippen LogP contribution is -2.01. The first-order chi connectivity index (χ1) is 6.79. The fourth-order valence-electron chi connectivity index (χ4n) is 1.37. The van der Waals surface area contributed by atoms with E-state index >= 15 is 0 Å². The van der Waals surface area contributed by atoms with E-state index in [1.807, 2.05) is 0 Å². The van der Waals surface area contributed by atoms with Crippen LogP contribution in [0.3, 0.4) is 0 Å². The molecule has 15 heavy (non-hydrogen) atoms. The topological polar surface area (TPSA) is 43.4 Å². The van der Waals surface area contributed by atoms with Gasteiger partial charge in [-0.25, -0.2) is 8.42 Å². The average molecular weight is 269 g/mol. The van der Waals surface area contributed by atoms with Crippen molar-refractivity contribution in [3.05, 3.63) is 22.2 Å². The van der Waals surface area contributed by atoms with Gasteiger partial charge in [0, 0.05) is 21.3 Å². The van der Waals surface area contributed by atoms with Gasteiger partial charge in [0.1, 0.15) is 10.6 Å². The summed E-state index contributed by atoms with van der Waals surface area (Å²) in [6.07, 6.45) is 0. The molecule has 0 heterocycles. The van der Waals surface area contributed by atoms with Crippen LogP contribution in [0.4, 0.5) is 0 Å². The number of benzene rings is 1. The normalized spacial score (nSPS) is 11.5. The van der Waals surface area contributed by atoms with E-state index in [4.69, 9.17) is 27.0 Å². The highest BCUT2D eigenvalue weighted by Crippen LogP contribution is 2.37. The van der Waals surface area contributed by atoms with E-state index in [1.54, 1.807) is 19.9 Å². The standard InChI is InChI=1S/C9H10Cl2O3S/c1-5-4-7(10)6(2)8(14-3)9(5)15(11,12)13/h4H,1-3H3. The summed E-state index contributed by atoms with van der Waals surface area (Å²) in [5.74, 6) is 0.204. The second kappa shape index (κ2) is 4.20. The predicted octanol–water partition coefficient (Wildman–Crippen LogP) is 2.89. The van der Waals surface area contributed by atoms with Gasteiger partial charge in [-0.05, 0) is 25.5 Å². The van der Waals surface area contributed by atoms with E-state index in [-0.39, 0.29) is 10.6 Å². The molecule has 3 nitrogen and oxygen atoms in total. The molecule has 0 radical (unpaired) electrons. The zero-order valence-electron chi connectivity index (χ0n) is 8.47. The number of rotatable bonds is 2. The van der Waals surface area contributed by atoms with Crippen molar-refractivity contribution >= 4 is 31.3 Å². The minimum atomic E-state index is -3.83. The average Bonchev–Trinajstić information content (AvgIpc) is 2.08. The minimum Gasteiger partial charge on any atom is -0.495 e.